The van der Waals surface area contributed by atoms with Crippen molar-refractivity contribution in [2.45, 2.75) is 53.0 Å². The van der Waals surface area contributed by atoms with E-state index in [-0.39, 0.29) is 42.0 Å². The Hall–Kier alpha value is -1.77. The first-order valence-corrected chi connectivity index (χ1v) is 9.75. The number of para-hydroxylation sites is 1. The van der Waals surface area contributed by atoms with Crippen molar-refractivity contribution >= 4 is 46.7 Å². The minimum Gasteiger partial charge on any atom is -0.361 e. The van der Waals surface area contributed by atoms with Gasteiger partial charge in [-0.15, -0.1) is 24.0 Å². The van der Waals surface area contributed by atoms with Gasteiger partial charge in [-0.2, -0.15) is 0 Å². The lowest BCUT2D eigenvalue weighted by Gasteiger charge is -2.20. The Kier molecular flexibility index (Phi) is 9.78. The second-order valence-electron chi connectivity index (χ2n) is 7.68. The molecular weight excluding hydrogens is 465 g/mol. The first kappa shape index (κ1) is 24.3. The van der Waals surface area contributed by atoms with Gasteiger partial charge in [-0.25, -0.2) is 4.99 Å². The molecule has 0 unspecified atom stereocenters. The summed E-state index contributed by atoms with van der Waals surface area (Å²) >= 11 is 0. The molecule has 1 heterocycles. The number of halogens is 1. The lowest BCUT2D eigenvalue weighted by Crippen LogP contribution is -2.43. The van der Waals surface area contributed by atoms with Crippen molar-refractivity contribution < 1.29 is 4.79 Å². The van der Waals surface area contributed by atoms with Crippen LogP contribution in [0, 0.1) is 0 Å². The third-order valence-corrected chi connectivity index (χ3v) is 4.19. The minimum absolute atomic E-state index is 0. The molecule has 4 N–H and O–H groups in total. The number of amides is 1. The van der Waals surface area contributed by atoms with Crippen LogP contribution in [0.15, 0.2) is 29.4 Å². The zero-order valence-corrected chi connectivity index (χ0v) is 19.9. The molecule has 6 nitrogen and oxygen atoms in total. The summed E-state index contributed by atoms with van der Waals surface area (Å²) in [5.74, 6) is 0.582. The molecule has 0 saturated heterocycles. The average molecular weight is 499 g/mol. The SMILES string of the molecule is CCNC(=NCC(=O)NC(C)(C)C)NCCc1c[nH]c2c(CC)cccc12.I. The van der Waals surface area contributed by atoms with E-state index >= 15 is 0 Å². The molecule has 156 valence electrons. The molecule has 0 saturated carbocycles. The lowest BCUT2D eigenvalue weighted by atomic mass is 10.1. The summed E-state index contributed by atoms with van der Waals surface area (Å²) in [5, 5.41) is 10.7. The van der Waals surface area contributed by atoms with Crippen molar-refractivity contribution in [1.29, 1.82) is 0 Å². The van der Waals surface area contributed by atoms with Crippen LogP contribution in [0.1, 0.15) is 45.7 Å². The number of aromatic amines is 1. The molecule has 0 spiro atoms. The summed E-state index contributed by atoms with van der Waals surface area (Å²) in [6, 6.07) is 6.45. The molecule has 2 rings (SSSR count). The number of rotatable bonds is 7. The van der Waals surface area contributed by atoms with Gasteiger partial charge in [-0.3, -0.25) is 4.79 Å². The predicted octanol–water partition coefficient (Wildman–Crippen LogP) is 3.36. The van der Waals surface area contributed by atoms with Crippen LogP contribution in [-0.2, 0) is 17.6 Å². The number of H-pyrrole nitrogens is 1. The number of aryl methyl sites for hydroxylation is 1. The number of fused-ring (bicyclic) bond motifs is 1. The van der Waals surface area contributed by atoms with Crippen LogP contribution in [0.25, 0.3) is 10.9 Å². The molecule has 0 fully saturated rings. The van der Waals surface area contributed by atoms with E-state index in [1.807, 2.05) is 27.7 Å². The first-order valence-electron chi connectivity index (χ1n) is 9.75. The zero-order valence-electron chi connectivity index (χ0n) is 17.6. The fraction of sp³-hybridized carbons (Fsp3) is 0.524. The van der Waals surface area contributed by atoms with Gasteiger partial charge in [0.25, 0.3) is 0 Å². The van der Waals surface area contributed by atoms with Gasteiger partial charge in [0.2, 0.25) is 5.91 Å². The van der Waals surface area contributed by atoms with E-state index in [9.17, 15) is 4.79 Å². The smallest absolute Gasteiger partial charge is 0.242 e. The van der Waals surface area contributed by atoms with Crippen molar-refractivity contribution in [1.82, 2.24) is 20.9 Å². The van der Waals surface area contributed by atoms with Crippen molar-refractivity contribution in [2.24, 2.45) is 4.99 Å². The van der Waals surface area contributed by atoms with Crippen LogP contribution in [-0.4, -0.2) is 42.0 Å². The second-order valence-corrected chi connectivity index (χ2v) is 7.68. The number of guanidine groups is 1. The van der Waals surface area contributed by atoms with Crippen LogP contribution in [0.3, 0.4) is 0 Å². The molecule has 0 bridgehead atoms. The van der Waals surface area contributed by atoms with Gasteiger partial charge in [0.05, 0.1) is 0 Å². The van der Waals surface area contributed by atoms with Crippen LogP contribution >= 0.6 is 24.0 Å². The third kappa shape index (κ3) is 7.33. The Morgan fingerprint density at radius 1 is 1.14 bits per heavy atom. The monoisotopic (exact) mass is 499 g/mol. The predicted molar refractivity (Wildman–Crippen MR) is 129 cm³/mol. The fourth-order valence-electron chi connectivity index (χ4n) is 3.04. The highest BCUT2D eigenvalue weighted by atomic mass is 127. The van der Waals surface area contributed by atoms with Gasteiger partial charge in [0.1, 0.15) is 6.54 Å². The van der Waals surface area contributed by atoms with Crippen molar-refractivity contribution in [3.05, 3.63) is 35.5 Å². The third-order valence-electron chi connectivity index (χ3n) is 4.19. The fourth-order valence-corrected chi connectivity index (χ4v) is 3.04. The average Bonchev–Trinajstić information content (AvgIpc) is 3.01. The number of nitrogens with zero attached hydrogens (tertiary/aromatic N) is 1. The molecule has 1 aromatic heterocycles. The maximum Gasteiger partial charge on any atom is 0.242 e. The van der Waals surface area contributed by atoms with Gasteiger partial charge >= 0.3 is 0 Å². The van der Waals surface area contributed by atoms with E-state index < -0.39 is 0 Å². The van der Waals surface area contributed by atoms with Crippen LogP contribution < -0.4 is 16.0 Å². The Labute approximate surface area is 185 Å². The lowest BCUT2D eigenvalue weighted by molar-refractivity contribution is -0.121. The van der Waals surface area contributed by atoms with E-state index in [1.54, 1.807) is 0 Å². The second kappa shape index (κ2) is 11.3. The number of aliphatic imine (C=N–C) groups is 1. The zero-order chi connectivity index (χ0) is 19.9. The highest BCUT2D eigenvalue weighted by Gasteiger charge is 2.13. The van der Waals surface area contributed by atoms with Gasteiger partial charge in [-0.05, 0) is 51.7 Å². The molecule has 0 aliphatic heterocycles. The molecule has 1 amide bonds. The molecule has 0 aliphatic rings. The van der Waals surface area contributed by atoms with Crippen LogP contribution in [0.2, 0.25) is 0 Å². The number of carbonyl (C=O) groups excluding carboxylic acids is 1. The van der Waals surface area contributed by atoms with Gasteiger partial charge in [0, 0.05) is 35.7 Å². The van der Waals surface area contributed by atoms with Crippen molar-refractivity contribution in [2.75, 3.05) is 19.6 Å². The number of hydrogen-bond acceptors (Lipinski definition) is 2. The highest BCUT2D eigenvalue weighted by Crippen LogP contribution is 2.22. The molecule has 0 radical (unpaired) electrons. The van der Waals surface area contributed by atoms with Crippen molar-refractivity contribution in [3.63, 3.8) is 0 Å². The van der Waals surface area contributed by atoms with E-state index in [4.69, 9.17) is 0 Å². The van der Waals surface area contributed by atoms with E-state index in [0.717, 1.165) is 25.9 Å². The quantitative estimate of drug-likeness (QED) is 0.268. The summed E-state index contributed by atoms with van der Waals surface area (Å²) in [6.45, 7) is 11.7. The van der Waals surface area contributed by atoms with Crippen LogP contribution in [0.5, 0.6) is 0 Å². The molecular formula is C21H34IN5O. The first-order chi connectivity index (χ1) is 12.8. The summed E-state index contributed by atoms with van der Waals surface area (Å²) < 4.78 is 0. The number of hydrogen-bond donors (Lipinski definition) is 4. The molecule has 0 atom stereocenters. The molecule has 0 aliphatic carbocycles. The van der Waals surface area contributed by atoms with E-state index in [0.29, 0.717) is 5.96 Å². The maximum atomic E-state index is 12.0. The molecule has 1 aromatic carbocycles. The van der Waals surface area contributed by atoms with Gasteiger partial charge < -0.3 is 20.9 Å². The maximum absolute atomic E-state index is 12.0. The summed E-state index contributed by atoms with van der Waals surface area (Å²) in [7, 11) is 0. The normalized spacial score (nSPS) is 11.8. The highest BCUT2D eigenvalue weighted by molar-refractivity contribution is 14.0. The largest absolute Gasteiger partial charge is 0.361 e. The number of benzene rings is 1. The Balaban J connectivity index is 0.00000392. The van der Waals surface area contributed by atoms with E-state index in [1.165, 1.54) is 22.0 Å². The Morgan fingerprint density at radius 3 is 2.54 bits per heavy atom. The van der Waals surface area contributed by atoms with Crippen LogP contribution in [0.4, 0.5) is 0 Å². The molecule has 28 heavy (non-hydrogen) atoms. The summed E-state index contributed by atoms with van der Waals surface area (Å²) in [6.07, 6.45) is 3.99. The number of carbonyl (C=O) groups is 1. The molecule has 7 heteroatoms. The van der Waals surface area contributed by atoms with Gasteiger partial charge in [-0.1, -0.05) is 25.1 Å². The van der Waals surface area contributed by atoms with Crippen molar-refractivity contribution in [3.8, 4) is 0 Å². The Morgan fingerprint density at radius 2 is 1.89 bits per heavy atom. The number of nitrogens with one attached hydrogen (secondary N) is 4. The molecule has 2 aromatic rings. The number of aromatic nitrogens is 1. The summed E-state index contributed by atoms with van der Waals surface area (Å²) in [4.78, 5) is 19.7. The Bertz CT molecular complexity index is 792. The topological polar surface area (TPSA) is 81.3 Å². The standard InChI is InChI=1S/C21H33N5O.HI/c1-6-15-9-8-10-17-16(13-24-19(15)17)11-12-23-20(22-7-2)25-14-18(27)26-21(3,4)5;/h8-10,13,24H,6-7,11-12,14H2,1-5H3,(H,26,27)(H2,22,23,25);1H. The van der Waals surface area contributed by atoms with E-state index in [2.05, 4.69) is 57.2 Å². The summed E-state index contributed by atoms with van der Waals surface area (Å²) in [5.41, 5.74) is 3.61. The minimum atomic E-state index is -0.245. The van der Waals surface area contributed by atoms with Gasteiger partial charge in [0.15, 0.2) is 5.96 Å².